The number of ether oxygens (including phenoxy) is 2. The fourth-order valence-electron chi connectivity index (χ4n) is 5.19. The number of nitrogens with one attached hydrogen (secondary N) is 1. The summed E-state index contributed by atoms with van der Waals surface area (Å²) in [5.41, 5.74) is 5.47. The molecule has 1 unspecified atom stereocenters. The molecule has 8 nitrogen and oxygen atoms in total. The highest BCUT2D eigenvalue weighted by molar-refractivity contribution is 6.74. The molecule has 3 aromatic rings. The standard InChI is InChI=1S/C32H49N5O3Si/c1-22(2)28-20-34-37-30(36-11-13-38-14-12-36)18-29(35-31(28)37)25-15-24(23-9-10-23)16-26(17-25)39-21-27(19-33-6)40-41(7,8)32(3,4)5/h15-18,20,22-23,27,33H,9-14,19,21H2,1-8H3. The molecule has 1 aliphatic heterocycles. The van der Waals surface area contributed by atoms with Crippen molar-refractivity contribution in [2.24, 2.45) is 0 Å². The van der Waals surface area contributed by atoms with E-state index in [1.54, 1.807) is 0 Å². The Labute approximate surface area is 246 Å². The van der Waals surface area contributed by atoms with E-state index in [4.69, 9.17) is 24.0 Å². The van der Waals surface area contributed by atoms with E-state index >= 15 is 0 Å². The lowest BCUT2D eigenvalue weighted by Crippen LogP contribution is -2.47. The lowest BCUT2D eigenvalue weighted by molar-refractivity contribution is 0.115. The van der Waals surface area contributed by atoms with Crippen LogP contribution in [0.5, 0.6) is 5.75 Å². The van der Waals surface area contributed by atoms with E-state index in [-0.39, 0.29) is 11.1 Å². The van der Waals surface area contributed by atoms with Gasteiger partial charge in [-0.1, -0.05) is 34.6 Å². The summed E-state index contributed by atoms with van der Waals surface area (Å²) in [7, 11) is 0.0410. The average molecular weight is 580 g/mol. The summed E-state index contributed by atoms with van der Waals surface area (Å²) in [4.78, 5) is 7.56. The van der Waals surface area contributed by atoms with E-state index in [0.29, 0.717) is 18.4 Å². The van der Waals surface area contributed by atoms with Crippen molar-refractivity contribution in [3.63, 3.8) is 0 Å². The first-order chi connectivity index (χ1) is 19.5. The maximum Gasteiger partial charge on any atom is 0.192 e. The zero-order valence-electron chi connectivity index (χ0n) is 26.3. The summed E-state index contributed by atoms with van der Waals surface area (Å²) in [6.45, 7) is 20.2. The van der Waals surface area contributed by atoms with Crippen molar-refractivity contribution < 1.29 is 13.9 Å². The molecule has 1 aromatic carbocycles. The predicted molar refractivity (Wildman–Crippen MR) is 169 cm³/mol. The summed E-state index contributed by atoms with van der Waals surface area (Å²) >= 11 is 0. The van der Waals surface area contributed by atoms with Gasteiger partial charge in [-0.15, -0.1) is 0 Å². The quantitative estimate of drug-likeness (QED) is 0.270. The number of nitrogens with zero attached hydrogens (tertiary/aromatic N) is 4. The molecule has 3 heterocycles. The van der Waals surface area contributed by atoms with Crippen LogP contribution in [-0.4, -0.2) is 75.5 Å². The van der Waals surface area contributed by atoms with Crippen molar-refractivity contribution in [3.05, 3.63) is 41.6 Å². The Bertz CT molecular complexity index is 1340. The second-order valence-electron chi connectivity index (χ2n) is 13.5. The van der Waals surface area contributed by atoms with Crippen molar-refractivity contribution in [1.29, 1.82) is 0 Å². The summed E-state index contributed by atoms with van der Waals surface area (Å²) in [6.07, 6.45) is 4.41. The normalized spacial score (nSPS) is 17.4. The molecule has 9 heteroatoms. The number of fused-ring (bicyclic) bond motifs is 1. The Morgan fingerprint density at radius 2 is 1.83 bits per heavy atom. The van der Waals surface area contributed by atoms with Gasteiger partial charge in [-0.3, -0.25) is 0 Å². The SMILES string of the molecule is CNCC(COc1cc(-c2cc(N3CCOCC3)n3ncc(C(C)C)c3n2)cc(C2CC2)c1)O[Si](C)(C)C(C)(C)C. The lowest BCUT2D eigenvalue weighted by Gasteiger charge is -2.39. The third kappa shape index (κ3) is 6.79. The van der Waals surface area contributed by atoms with Crippen LogP contribution < -0.4 is 15.0 Å². The number of likely N-dealkylation sites (N-methyl/N-ethyl adjacent to an activating group) is 1. The molecule has 41 heavy (non-hydrogen) atoms. The van der Waals surface area contributed by atoms with E-state index in [0.717, 1.165) is 66.9 Å². The summed E-state index contributed by atoms with van der Waals surface area (Å²) in [5, 5.41) is 8.21. The Kier molecular flexibility index (Phi) is 8.81. The largest absolute Gasteiger partial charge is 0.491 e. The maximum atomic E-state index is 6.74. The Morgan fingerprint density at radius 3 is 2.46 bits per heavy atom. The van der Waals surface area contributed by atoms with Gasteiger partial charge in [-0.05, 0) is 73.6 Å². The molecule has 2 aromatic heterocycles. The number of hydrogen-bond acceptors (Lipinski definition) is 7. The molecule has 224 valence electrons. The smallest absolute Gasteiger partial charge is 0.192 e. The number of hydrogen-bond donors (Lipinski definition) is 1. The Morgan fingerprint density at radius 1 is 1.10 bits per heavy atom. The van der Waals surface area contributed by atoms with Crippen molar-refractivity contribution in [3.8, 4) is 17.0 Å². The zero-order chi connectivity index (χ0) is 29.4. The van der Waals surface area contributed by atoms with Crippen LogP contribution in [0.1, 0.15) is 70.4 Å². The Hall–Kier alpha value is -2.46. The van der Waals surface area contributed by atoms with Gasteiger partial charge in [0.1, 0.15) is 18.2 Å². The number of rotatable bonds is 11. The first-order valence-electron chi connectivity index (χ1n) is 15.3. The van der Waals surface area contributed by atoms with Crippen LogP contribution in [0.3, 0.4) is 0 Å². The molecule has 0 spiro atoms. The molecule has 2 fully saturated rings. The molecule has 1 saturated carbocycles. The van der Waals surface area contributed by atoms with Gasteiger partial charge in [-0.25, -0.2) is 4.98 Å². The molecule has 2 aliphatic rings. The van der Waals surface area contributed by atoms with Crippen LogP contribution in [-0.2, 0) is 9.16 Å². The minimum atomic E-state index is -1.93. The zero-order valence-corrected chi connectivity index (χ0v) is 27.3. The van der Waals surface area contributed by atoms with E-state index < -0.39 is 8.32 Å². The van der Waals surface area contributed by atoms with Crippen LogP contribution in [0.2, 0.25) is 18.1 Å². The maximum absolute atomic E-state index is 6.74. The van der Waals surface area contributed by atoms with Gasteiger partial charge in [0, 0.05) is 36.8 Å². The average Bonchev–Trinajstić information content (AvgIpc) is 3.69. The van der Waals surface area contributed by atoms with E-state index in [1.165, 1.54) is 18.4 Å². The van der Waals surface area contributed by atoms with E-state index in [1.807, 2.05) is 17.8 Å². The lowest BCUT2D eigenvalue weighted by atomic mass is 10.0. The van der Waals surface area contributed by atoms with Crippen LogP contribution in [0, 0.1) is 0 Å². The highest BCUT2D eigenvalue weighted by Crippen LogP contribution is 2.43. The van der Waals surface area contributed by atoms with Gasteiger partial charge >= 0.3 is 0 Å². The van der Waals surface area contributed by atoms with Crippen molar-refractivity contribution in [1.82, 2.24) is 19.9 Å². The fraction of sp³-hybridized carbons (Fsp3) is 0.625. The number of morpholine rings is 1. The second kappa shape index (κ2) is 12.0. The van der Waals surface area contributed by atoms with Crippen molar-refractivity contribution >= 4 is 19.8 Å². The molecule has 1 aliphatic carbocycles. The topological polar surface area (TPSA) is 73.2 Å². The third-order valence-electron chi connectivity index (χ3n) is 8.85. The third-order valence-corrected chi connectivity index (χ3v) is 13.4. The van der Waals surface area contributed by atoms with Gasteiger partial charge in [0.05, 0.1) is 31.2 Å². The molecule has 0 radical (unpaired) electrons. The van der Waals surface area contributed by atoms with E-state index in [2.05, 4.69) is 82.2 Å². The minimum absolute atomic E-state index is 0.0169. The molecular formula is C32H49N5O3Si. The summed E-state index contributed by atoms with van der Waals surface area (Å²) in [5.74, 6) is 2.87. The number of benzene rings is 1. The van der Waals surface area contributed by atoms with Gasteiger partial charge in [0.2, 0.25) is 0 Å². The molecule has 1 N–H and O–H groups in total. The van der Waals surface area contributed by atoms with Crippen LogP contribution in [0.4, 0.5) is 5.82 Å². The minimum Gasteiger partial charge on any atom is -0.491 e. The molecular weight excluding hydrogens is 530 g/mol. The molecule has 5 rings (SSSR count). The predicted octanol–water partition coefficient (Wildman–Crippen LogP) is 6.22. The highest BCUT2D eigenvalue weighted by Gasteiger charge is 2.39. The molecule has 0 bridgehead atoms. The number of anilines is 1. The first kappa shape index (κ1) is 30.0. The van der Waals surface area contributed by atoms with Crippen LogP contribution >= 0.6 is 0 Å². The molecule has 1 atom stereocenters. The van der Waals surface area contributed by atoms with Gasteiger partial charge in [0.25, 0.3) is 0 Å². The van der Waals surface area contributed by atoms with Crippen LogP contribution in [0.15, 0.2) is 30.5 Å². The molecule has 1 saturated heterocycles. The highest BCUT2D eigenvalue weighted by atomic mass is 28.4. The summed E-state index contributed by atoms with van der Waals surface area (Å²) in [6, 6.07) is 8.89. The summed E-state index contributed by atoms with van der Waals surface area (Å²) < 4.78 is 20.9. The monoisotopic (exact) mass is 579 g/mol. The second-order valence-corrected chi connectivity index (χ2v) is 18.3. The number of aromatic nitrogens is 3. The Balaban J connectivity index is 1.49. The van der Waals surface area contributed by atoms with Crippen molar-refractivity contribution in [2.45, 2.75) is 83.5 Å². The molecule has 0 amide bonds. The first-order valence-corrected chi connectivity index (χ1v) is 18.2. The fourth-order valence-corrected chi connectivity index (χ4v) is 6.53. The van der Waals surface area contributed by atoms with Gasteiger partial charge in [-0.2, -0.15) is 9.61 Å². The van der Waals surface area contributed by atoms with Crippen molar-refractivity contribution in [2.75, 3.05) is 51.4 Å². The van der Waals surface area contributed by atoms with E-state index in [9.17, 15) is 0 Å². The van der Waals surface area contributed by atoms with Gasteiger partial charge in [0.15, 0.2) is 14.0 Å². The van der Waals surface area contributed by atoms with Gasteiger partial charge < -0.3 is 24.1 Å². The van der Waals surface area contributed by atoms with Crippen LogP contribution in [0.25, 0.3) is 16.9 Å².